The standard InChI is InChI=1S/C3H8N2/c1-3(5)2-4/h3-5H,2H2,1H3/q-2. The van der Waals surface area contributed by atoms with Crippen LogP contribution in [0.15, 0.2) is 0 Å². The minimum atomic E-state index is -0.199. The van der Waals surface area contributed by atoms with Gasteiger partial charge in [0.15, 0.2) is 0 Å². The van der Waals surface area contributed by atoms with Crippen molar-refractivity contribution < 1.29 is 0 Å². The molecule has 0 aromatic rings. The smallest absolute Gasteiger partial charge is 0.0833 e. The maximum absolute atomic E-state index is 6.64. The van der Waals surface area contributed by atoms with Crippen molar-refractivity contribution in [1.29, 1.82) is 0 Å². The molecule has 0 aliphatic rings. The largest absolute Gasteiger partial charge is 0.679 e. The van der Waals surface area contributed by atoms with Crippen molar-refractivity contribution in [2.75, 3.05) is 6.54 Å². The lowest BCUT2D eigenvalue weighted by Crippen LogP contribution is -1.93. The minimum Gasteiger partial charge on any atom is -0.679 e. The predicted molar refractivity (Wildman–Crippen MR) is 23.0 cm³/mol. The molecule has 2 nitrogen and oxygen atoms in total. The van der Waals surface area contributed by atoms with Crippen LogP contribution in [-0.2, 0) is 0 Å². The van der Waals surface area contributed by atoms with Gasteiger partial charge < -0.3 is 11.5 Å². The summed E-state index contributed by atoms with van der Waals surface area (Å²) in [7, 11) is 0. The van der Waals surface area contributed by atoms with Crippen LogP contribution in [0.5, 0.6) is 0 Å². The number of rotatable bonds is 1. The average molecular weight is 72.1 g/mol. The van der Waals surface area contributed by atoms with Crippen molar-refractivity contribution >= 4 is 0 Å². The normalized spacial score (nSPS) is 15.0. The fraction of sp³-hybridized carbons (Fsp3) is 1.00. The SMILES string of the molecule is CC([NH-])C[NH-]. The van der Waals surface area contributed by atoms with E-state index in [1.165, 1.54) is 0 Å². The van der Waals surface area contributed by atoms with Gasteiger partial charge in [-0.2, -0.15) is 12.6 Å². The van der Waals surface area contributed by atoms with Gasteiger partial charge in [-0.3, -0.25) is 0 Å². The second kappa shape index (κ2) is 2.18. The van der Waals surface area contributed by atoms with Crippen LogP contribution in [0.25, 0.3) is 11.5 Å². The Hall–Kier alpha value is -0.0800. The summed E-state index contributed by atoms with van der Waals surface area (Å²) in [6.07, 6.45) is 0. The molecule has 2 heteroatoms. The monoisotopic (exact) mass is 72.1 g/mol. The Morgan fingerprint density at radius 1 is 1.80 bits per heavy atom. The van der Waals surface area contributed by atoms with Gasteiger partial charge in [0.25, 0.3) is 0 Å². The van der Waals surface area contributed by atoms with Crippen molar-refractivity contribution in [3.63, 3.8) is 0 Å². The van der Waals surface area contributed by atoms with Crippen LogP contribution in [0.3, 0.4) is 0 Å². The minimum absolute atomic E-state index is 0.199. The summed E-state index contributed by atoms with van der Waals surface area (Å²) in [5.41, 5.74) is 13.1. The Morgan fingerprint density at radius 3 is 2.00 bits per heavy atom. The van der Waals surface area contributed by atoms with E-state index in [0.29, 0.717) is 0 Å². The Morgan fingerprint density at radius 2 is 2.00 bits per heavy atom. The van der Waals surface area contributed by atoms with Crippen LogP contribution >= 0.6 is 0 Å². The van der Waals surface area contributed by atoms with Gasteiger partial charge in [0, 0.05) is 0 Å². The molecule has 1 unspecified atom stereocenters. The molecule has 0 aliphatic carbocycles. The van der Waals surface area contributed by atoms with E-state index in [1.807, 2.05) is 0 Å². The summed E-state index contributed by atoms with van der Waals surface area (Å²) in [6.45, 7) is 1.92. The van der Waals surface area contributed by atoms with Gasteiger partial charge in [-0.15, -0.1) is 0 Å². The molecule has 0 aliphatic heterocycles. The van der Waals surface area contributed by atoms with Crippen molar-refractivity contribution in [1.82, 2.24) is 0 Å². The first-order valence-electron chi connectivity index (χ1n) is 1.63. The molecule has 0 aromatic carbocycles. The molecule has 0 bridgehead atoms. The highest BCUT2D eigenvalue weighted by Crippen LogP contribution is 1.80. The summed E-state index contributed by atoms with van der Waals surface area (Å²) in [6, 6.07) is -0.199. The highest BCUT2D eigenvalue weighted by molar-refractivity contribution is 4.72. The highest BCUT2D eigenvalue weighted by atomic mass is 14.7. The third-order valence-corrected chi connectivity index (χ3v) is 0.306. The van der Waals surface area contributed by atoms with Gasteiger partial charge in [0.2, 0.25) is 0 Å². The molecule has 0 fully saturated rings. The second-order valence-electron chi connectivity index (χ2n) is 1.11. The number of hydrogen-bond donors (Lipinski definition) is 0. The first kappa shape index (κ1) is 4.92. The quantitative estimate of drug-likeness (QED) is 0.450. The van der Waals surface area contributed by atoms with Crippen LogP contribution in [0.1, 0.15) is 6.92 Å². The fourth-order valence-corrected chi connectivity index (χ4v) is 0. The van der Waals surface area contributed by atoms with Crippen LogP contribution in [0.4, 0.5) is 0 Å². The van der Waals surface area contributed by atoms with Gasteiger partial charge in [-0.1, -0.05) is 6.92 Å². The van der Waals surface area contributed by atoms with Crippen molar-refractivity contribution in [3.05, 3.63) is 11.5 Å². The average Bonchev–Trinajstić information content (AvgIpc) is 1.38. The first-order chi connectivity index (χ1) is 2.27. The lowest BCUT2D eigenvalue weighted by Gasteiger charge is -2.13. The number of hydrogen-bond acceptors (Lipinski definition) is 0. The highest BCUT2D eigenvalue weighted by Gasteiger charge is 1.61. The molecular weight excluding hydrogens is 64.0 g/mol. The van der Waals surface area contributed by atoms with Gasteiger partial charge in [0.05, 0.1) is 0 Å². The molecular formula is C3H8N2-2. The zero-order valence-corrected chi connectivity index (χ0v) is 3.28. The Labute approximate surface area is 32.1 Å². The molecule has 0 spiro atoms. The van der Waals surface area contributed by atoms with E-state index >= 15 is 0 Å². The molecule has 0 rings (SSSR count). The van der Waals surface area contributed by atoms with E-state index in [-0.39, 0.29) is 12.6 Å². The fourth-order valence-electron chi connectivity index (χ4n) is 0. The van der Waals surface area contributed by atoms with Crippen LogP contribution in [0.2, 0.25) is 0 Å². The van der Waals surface area contributed by atoms with E-state index in [0.717, 1.165) is 0 Å². The van der Waals surface area contributed by atoms with Crippen LogP contribution in [-0.4, -0.2) is 12.6 Å². The Bertz CT molecular complexity index is 18.9. The molecule has 0 amide bonds. The predicted octanol–water partition coefficient (Wildman–Crippen LogP) is 1.48. The van der Waals surface area contributed by atoms with Gasteiger partial charge in [-0.05, 0) is 0 Å². The maximum atomic E-state index is 6.64. The Kier molecular flexibility index (Phi) is 2.14. The van der Waals surface area contributed by atoms with Gasteiger partial charge in [-0.25, -0.2) is 0 Å². The molecule has 0 radical (unpaired) electrons. The van der Waals surface area contributed by atoms with Crippen LogP contribution < -0.4 is 0 Å². The lowest BCUT2D eigenvalue weighted by atomic mass is 10.4. The second-order valence-corrected chi connectivity index (χ2v) is 1.11. The molecule has 0 heterocycles. The lowest BCUT2D eigenvalue weighted by molar-refractivity contribution is 0.952. The van der Waals surface area contributed by atoms with E-state index in [9.17, 15) is 0 Å². The summed E-state index contributed by atoms with van der Waals surface area (Å²) < 4.78 is 0. The summed E-state index contributed by atoms with van der Waals surface area (Å²) in [5.74, 6) is 0. The summed E-state index contributed by atoms with van der Waals surface area (Å²) in [5, 5.41) is 0. The first-order valence-corrected chi connectivity index (χ1v) is 1.63. The maximum Gasteiger partial charge on any atom is -0.0833 e. The van der Waals surface area contributed by atoms with E-state index in [4.69, 9.17) is 11.5 Å². The third-order valence-electron chi connectivity index (χ3n) is 0.306. The molecule has 0 aromatic heterocycles. The topological polar surface area (TPSA) is 47.6 Å². The van der Waals surface area contributed by atoms with Gasteiger partial charge in [0.1, 0.15) is 0 Å². The summed E-state index contributed by atoms with van der Waals surface area (Å²) >= 11 is 0. The van der Waals surface area contributed by atoms with Crippen molar-refractivity contribution in [3.8, 4) is 0 Å². The molecule has 1 atom stereocenters. The molecule has 32 valence electrons. The molecule has 2 N–H and O–H groups in total. The molecule has 5 heavy (non-hydrogen) atoms. The molecule has 0 saturated heterocycles. The summed E-state index contributed by atoms with van der Waals surface area (Å²) in [4.78, 5) is 0. The zero-order chi connectivity index (χ0) is 4.28. The number of nitrogens with one attached hydrogen (secondary N) is 2. The van der Waals surface area contributed by atoms with Crippen molar-refractivity contribution in [2.24, 2.45) is 0 Å². The van der Waals surface area contributed by atoms with Crippen LogP contribution in [0, 0.1) is 0 Å². The van der Waals surface area contributed by atoms with Crippen molar-refractivity contribution in [2.45, 2.75) is 13.0 Å². The Balaban J connectivity index is 2.54. The van der Waals surface area contributed by atoms with E-state index < -0.39 is 0 Å². The van der Waals surface area contributed by atoms with E-state index in [2.05, 4.69) is 0 Å². The van der Waals surface area contributed by atoms with E-state index in [1.54, 1.807) is 6.92 Å². The zero-order valence-electron chi connectivity index (χ0n) is 3.28. The van der Waals surface area contributed by atoms with Gasteiger partial charge >= 0.3 is 0 Å². The third kappa shape index (κ3) is 3.92. The molecule has 0 saturated carbocycles.